The van der Waals surface area contributed by atoms with Crippen LogP contribution in [0.25, 0.3) is 0 Å². The molecule has 2 aromatic rings. The monoisotopic (exact) mass is 399 g/mol. The van der Waals surface area contributed by atoms with Gasteiger partial charge in [-0.15, -0.1) is 0 Å². The number of benzene rings is 1. The minimum atomic E-state index is -0.362. The predicted molar refractivity (Wildman–Crippen MR) is 107 cm³/mol. The van der Waals surface area contributed by atoms with Gasteiger partial charge in [0, 0.05) is 58.1 Å². The van der Waals surface area contributed by atoms with Crippen molar-refractivity contribution in [2.75, 3.05) is 44.2 Å². The zero-order chi connectivity index (χ0) is 20.4. The van der Waals surface area contributed by atoms with E-state index in [9.17, 15) is 14.0 Å². The van der Waals surface area contributed by atoms with Crippen LogP contribution in [-0.4, -0.2) is 70.7 Å². The van der Waals surface area contributed by atoms with Crippen molar-refractivity contribution in [1.29, 1.82) is 0 Å². The number of hydrogen-bond acceptors (Lipinski definition) is 4. The minimum Gasteiger partial charge on any atom is -0.365 e. The van der Waals surface area contributed by atoms with E-state index >= 15 is 0 Å². The number of aryl methyl sites for hydroxylation is 1. The Kier molecular flexibility index (Phi) is 5.51. The van der Waals surface area contributed by atoms with E-state index in [0.29, 0.717) is 31.7 Å². The topological polar surface area (TPSA) is 61.7 Å². The van der Waals surface area contributed by atoms with Gasteiger partial charge in [0.1, 0.15) is 5.82 Å². The van der Waals surface area contributed by atoms with Crippen LogP contribution >= 0.6 is 0 Å². The number of aromatic nitrogens is 2. The van der Waals surface area contributed by atoms with Crippen molar-refractivity contribution in [2.45, 2.75) is 12.8 Å². The molecule has 2 saturated heterocycles. The van der Waals surface area contributed by atoms with Crippen molar-refractivity contribution in [3.63, 3.8) is 0 Å². The van der Waals surface area contributed by atoms with Crippen LogP contribution in [0.4, 0.5) is 10.1 Å². The lowest BCUT2D eigenvalue weighted by Crippen LogP contribution is -2.53. The molecule has 1 aromatic heterocycles. The van der Waals surface area contributed by atoms with Gasteiger partial charge < -0.3 is 14.7 Å². The number of piperidine rings is 1. The minimum absolute atomic E-state index is 0.132. The molecule has 2 aliphatic rings. The molecule has 2 fully saturated rings. The van der Waals surface area contributed by atoms with Gasteiger partial charge in [0.2, 0.25) is 5.91 Å². The molecule has 0 N–H and O–H groups in total. The third-order valence-corrected chi connectivity index (χ3v) is 5.80. The fourth-order valence-corrected chi connectivity index (χ4v) is 4.15. The molecule has 3 heterocycles. The van der Waals surface area contributed by atoms with E-state index in [1.807, 2.05) is 24.3 Å². The Labute approximate surface area is 169 Å². The van der Waals surface area contributed by atoms with E-state index in [1.165, 1.54) is 24.3 Å². The molecular formula is C21H26FN5O2. The Morgan fingerprint density at radius 3 is 2.41 bits per heavy atom. The number of piperazine rings is 1. The summed E-state index contributed by atoms with van der Waals surface area (Å²) in [6, 6.07) is 5.59. The fraction of sp³-hybridized carbons (Fsp3) is 0.476. The van der Waals surface area contributed by atoms with Crippen LogP contribution in [0.3, 0.4) is 0 Å². The van der Waals surface area contributed by atoms with Gasteiger partial charge in [-0.25, -0.2) is 4.39 Å². The average Bonchev–Trinajstić information content (AvgIpc) is 3.20. The SMILES string of the molecule is Cn1cc(N2CCN(C(=O)C3CCCN(C(=O)c4ccc(F)cc4)C3)CC2)cn1. The van der Waals surface area contributed by atoms with E-state index in [4.69, 9.17) is 0 Å². The summed E-state index contributed by atoms with van der Waals surface area (Å²) in [6.07, 6.45) is 5.43. The van der Waals surface area contributed by atoms with Crippen molar-refractivity contribution in [2.24, 2.45) is 13.0 Å². The molecule has 1 aromatic carbocycles. The van der Waals surface area contributed by atoms with Gasteiger partial charge in [0.25, 0.3) is 5.91 Å². The third-order valence-electron chi connectivity index (χ3n) is 5.80. The second kappa shape index (κ2) is 8.23. The molecule has 0 bridgehead atoms. The van der Waals surface area contributed by atoms with Crippen LogP contribution in [0.1, 0.15) is 23.2 Å². The quantitative estimate of drug-likeness (QED) is 0.789. The molecule has 154 valence electrons. The summed E-state index contributed by atoms with van der Waals surface area (Å²) < 4.78 is 14.9. The van der Waals surface area contributed by atoms with Gasteiger partial charge >= 0.3 is 0 Å². The number of nitrogens with zero attached hydrogens (tertiary/aromatic N) is 5. The van der Waals surface area contributed by atoms with Crippen molar-refractivity contribution in [3.05, 3.63) is 48.0 Å². The molecule has 0 radical (unpaired) electrons. The number of carbonyl (C=O) groups is 2. The second-order valence-corrected chi connectivity index (χ2v) is 7.78. The summed E-state index contributed by atoms with van der Waals surface area (Å²) in [7, 11) is 1.89. The molecule has 1 unspecified atom stereocenters. The van der Waals surface area contributed by atoms with Gasteiger partial charge in [0.05, 0.1) is 17.8 Å². The molecular weight excluding hydrogens is 373 g/mol. The number of carbonyl (C=O) groups excluding carboxylic acids is 2. The molecule has 4 rings (SSSR count). The van der Waals surface area contributed by atoms with E-state index in [1.54, 1.807) is 9.58 Å². The summed E-state index contributed by atoms with van der Waals surface area (Å²) >= 11 is 0. The van der Waals surface area contributed by atoms with Crippen LogP contribution in [0, 0.1) is 11.7 Å². The Balaban J connectivity index is 1.34. The van der Waals surface area contributed by atoms with Crippen LogP contribution in [0.15, 0.2) is 36.7 Å². The number of amides is 2. The third kappa shape index (κ3) is 4.26. The summed E-state index contributed by atoms with van der Waals surface area (Å²) in [6.45, 7) is 3.98. The highest BCUT2D eigenvalue weighted by Gasteiger charge is 2.33. The highest BCUT2D eigenvalue weighted by atomic mass is 19.1. The summed E-state index contributed by atoms with van der Waals surface area (Å²) in [5, 5.41) is 4.21. The smallest absolute Gasteiger partial charge is 0.253 e. The van der Waals surface area contributed by atoms with Crippen molar-refractivity contribution >= 4 is 17.5 Å². The number of rotatable bonds is 3. The van der Waals surface area contributed by atoms with Gasteiger partial charge in [-0.3, -0.25) is 14.3 Å². The van der Waals surface area contributed by atoms with E-state index in [0.717, 1.165) is 31.6 Å². The molecule has 1 atom stereocenters. The lowest BCUT2D eigenvalue weighted by Gasteiger charge is -2.39. The number of hydrogen-bond donors (Lipinski definition) is 0. The van der Waals surface area contributed by atoms with E-state index < -0.39 is 0 Å². The average molecular weight is 399 g/mol. The summed E-state index contributed by atoms with van der Waals surface area (Å²) in [5.74, 6) is -0.534. The van der Waals surface area contributed by atoms with Gasteiger partial charge in [-0.05, 0) is 37.1 Å². The first kappa shape index (κ1) is 19.4. The highest BCUT2D eigenvalue weighted by Crippen LogP contribution is 2.22. The van der Waals surface area contributed by atoms with Crippen molar-refractivity contribution < 1.29 is 14.0 Å². The predicted octanol–water partition coefficient (Wildman–Crippen LogP) is 1.76. The standard InChI is InChI=1S/C21H26FN5O2/c1-24-15-19(13-23-24)25-9-11-26(12-10-25)21(29)17-3-2-8-27(14-17)20(28)16-4-6-18(22)7-5-16/h4-7,13,15,17H,2-3,8-12,14H2,1H3. The van der Waals surface area contributed by atoms with Crippen LogP contribution < -0.4 is 4.90 Å². The van der Waals surface area contributed by atoms with Gasteiger partial charge in [-0.2, -0.15) is 5.10 Å². The molecule has 0 spiro atoms. The summed E-state index contributed by atoms with van der Waals surface area (Å²) in [5.41, 5.74) is 1.54. The van der Waals surface area contributed by atoms with Crippen molar-refractivity contribution in [3.8, 4) is 0 Å². The molecule has 2 amide bonds. The maximum atomic E-state index is 13.1. The molecule has 29 heavy (non-hydrogen) atoms. The molecule has 0 saturated carbocycles. The first-order valence-corrected chi connectivity index (χ1v) is 10.1. The maximum absolute atomic E-state index is 13.1. The Morgan fingerprint density at radius 2 is 1.76 bits per heavy atom. The molecule has 0 aliphatic carbocycles. The summed E-state index contributed by atoms with van der Waals surface area (Å²) in [4.78, 5) is 31.7. The zero-order valence-corrected chi connectivity index (χ0v) is 16.6. The van der Waals surface area contributed by atoms with E-state index in [2.05, 4.69) is 10.00 Å². The number of likely N-dealkylation sites (tertiary alicyclic amines) is 1. The first-order valence-electron chi connectivity index (χ1n) is 10.1. The maximum Gasteiger partial charge on any atom is 0.253 e. The fourth-order valence-electron chi connectivity index (χ4n) is 4.15. The lowest BCUT2D eigenvalue weighted by molar-refractivity contribution is -0.137. The van der Waals surface area contributed by atoms with Crippen LogP contribution in [-0.2, 0) is 11.8 Å². The highest BCUT2D eigenvalue weighted by molar-refractivity contribution is 5.94. The van der Waals surface area contributed by atoms with Crippen LogP contribution in [0.5, 0.6) is 0 Å². The largest absolute Gasteiger partial charge is 0.365 e. The van der Waals surface area contributed by atoms with Gasteiger partial charge in [0.15, 0.2) is 0 Å². The number of anilines is 1. The lowest BCUT2D eigenvalue weighted by atomic mass is 9.95. The Morgan fingerprint density at radius 1 is 1.03 bits per heavy atom. The van der Waals surface area contributed by atoms with E-state index in [-0.39, 0.29) is 23.5 Å². The first-order chi connectivity index (χ1) is 14.0. The molecule has 2 aliphatic heterocycles. The number of halogens is 1. The van der Waals surface area contributed by atoms with Crippen LogP contribution in [0.2, 0.25) is 0 Å². The zero-order valence-electron chi connectivity index (χ0n) is 16.6. The Hall–Kier alpha value is -2.90. The normalized spacial score (nSPS) is 20.1. The Bertz CT molecular complexity index is 873. The van der Waals surface area contributed by atoms with Crippen molar-refractivity contribution in [1.82, 2.24) is 19.6 Å². The molecule has 7 nitrogen and oxygen atoms in total. The van der Waals surface area contributed by atoms with Gasteiger partial charge in [-0.1, -0.05) is 0 Å². The second-order valence-electron chi connectivity index (χ2n) is 7.78. The molecule has 8 heteroatoms.